The van der Waals surface area contributed by atoms with E-state index >= 15 is 0 Å². The van der Waals surface area contributed by atoms with Crippen molar-refractivity contribution in [3.8, 4) is 5.75 Å². The van der Waals surface area contributed by atoms with E-state index in [9.17, 15) is 32.2 Å². The van der Waals surface area contributed by atoms with Crippen LogP contribution in [0.15, 0.2) is 36.8 Å². The van der Waals surface area contributed by atoms with Crippen LogP contribution < -0.4 is 10.1 Å². The maximum absolute atomic E-state index is 14.1. The van der Waals surface area contributed by atoms with E-state index in [0.29, 0.717) is 24.8 Å². The summed E-state index contributed by atoms with van der Waals surface area (Å²) in [7, 11) is 0. The number of fused-ring (bicyclic) bond motifs is 1. The van der Waals surface area contributed by atoms with Gasteiger partial charge in [0.2, 0.25) is 0 Å². The highest BCUT2D eigenvalue weighted by atomic mass is 19.4. The fourth-order valence-electron chi connectivity index (χ4n) is 5.74. The fourth-order valence-corrected chi connectivity index (χ4v) is 5.74. The van der Waals surface area contributed by atoms with Crippen molar-refractivity contribution >= 4 is 11.0 Å². The lowest BCUT2D eigenvalue weighted by molar-refractivity contribution is -0.136. The van der Waals surface area contributed by atoms with E-state index in [1.54, 1.807) is 6.92 Å². The van der Waals surface area contributed by atoms with Crippen molar-refractivity contribution in [2.24, 2.45) is 0 Å². The summed E-state index contributed by atoms with van der Waals surface area (Å²) >= 11 is 0. The fraction of sp³-hybridized carbons (Fsp3) is 0.538. The molecule has 206 valence electrons. The molecule has 38 heavy (non-hydrogen) atoms. The molecule has 7 nitrogen and oxygen atoms in total. The van der Waals surface area contributed by atoms with E-state index < -0.39 is 35.4 Å². The lowest BCUT2D eigenvalue weighted by atomic mass is 9.77. The second kappa shape index (κ2) is 9.42. The molecular formula is C26H29F5N4O3. The Hall–Kier alpha value is -2.83. The lowest BCUT2D eigenvalue weighted by Crippen LogP contribution is -2.53. The van der Waals surface area contributed by atoms with Gasteiger partial charge in [0.15, 0.2) is 0 Å². The van der Waals surface area contributed by atoms with Crippen molar-refractivity contribution in [3.05, 3.63) is 53.6 Å². The molecule has 3 heterocycles. The zero-order valence-corrected chi connectivity index (χ0v) is 20.8. The second-order valence-electron chi connectivity index (χ2n) is 10.8. The van der Waals surface area contributed by atoms with Crippen LogP contribution in [0, 0.1) is 0 Å². The molecule has 1 saturated heterocycles. The quantitative estimate of drug-likeness (QED) is 0.386. The molecule has 0 amide bonds. The molecule has 3 aromatic rings. The number of nitrogens with one attached hydrogen (secondary N) is 1. The van der Waals surface area contributed by atoms with Crippen LogP contribution in [0.4, 0.5) is 22.0 Å². The van der Waals surface area contributed by atoms with Crippen LogP contribution in [0.2, 0.25) is 0 Å². The van der Waals surface area contributed by atoms with Crippen LogP contribution in [0.25, 0.3) is 11.0 Å². The van der Waals surface area contributed by atoms with Gasteiger partial charge in [-0.2, -0.15) is 13.2 Å². The standard InChI is InChI=1S/C26H29F5N4O3/c1-14-7-25(37,15-3-4-20(23(27)28)32-11-15)8-16(34-14)12-38-18-5-19(26(29,30)31)22-21(6-18)33-13-35(22)17-9-24(2,36)10-17/h3-6,11,13-14,16-17,23,34,36-37H,7-10,12H2,1-2H3/t14-,16-,17?,24?,25-/m0/s1. The van der Waals surface area contributed by atoms with E-state index in [-0.39, 0.29) is 47.6 Å². The molecule has 0 bridgehead atoms. The molecule has 3 N–H and O–H groups in total. The van der Waals surface area contributed by atoms with Crippen molar-refractivity contribution in [1.29, 1.82) is 0 Å². The average molecular weight is 541 g/mol. The van der Waals surface area contributed by atoms with Crippen LogP contribution in [0.3, 0.4) is 0 Å². The van der Waals surface area contributed by atoms with Crippen LogP contribution in [0.5, 0.6) is 5.75 Å². The molecule has 2 aromatic heterocycles. The first kappa shape index (κ1) is 26.8. The third kappa shape index (κ3) is 5.21. The van der Waals surface area contributed by atoms with Gasteiger partial charge in [0.05, 0.1) is 34.1 Å². The molecule has 0 radical (unpaired) electrons. The maximum atomic E-state index is 14.1. The smallest absolute Gasteiger partial charge is 0.418 e. The summed E-state index contributed by atoms with van der Waals surface area (Å²) in [5.74, 6) is -0.0119. The highest BCUT2D eigenvalue weighted by Gasteiger charge is 2.43. The number of rotatable bonds is 6. The third-order valence-corrected chi connectivity index (χ3v) is 7.44. The first-order valence-corrected chi connectivity index (χ1v) is 12.4. The summed E-state index contributed by atoms with van der Waals surface area (Å²) in [5, 5.41) is 24.6. The van der Waals surface area contributed by atoms with Gasteiger partial charge < -0.3 is 24.8 Å². The Kier molecular flexibility index (Phi) is 6.64. The van der Waals surface area contributed by atoms with E-state index in [1.165, 1.54) is 35.3 Å². The van der Waals surface area contributed by atoms with Gasteiger partial charge >= 0.3 is 6.18 Å². The van der Waals surface area contributed by atoms with Crippen LogP contribution in [-0.2, 0) is 11.8 Å². The van der Waals surface area contributed by atoms with Gasteiger partial charge in [-0.1, -0.05) is 6.07 Å². The van der Waals surface area contributed by atoms with Crippen LogP contribution in [-0.4, -0.2) is 49.0 Å². The van der Waals surface area contributed by atoms with Crippen molar-refractivity contribution in [3.63, 3.8) is 0 Å². The number of halogens is 5. The van der Waals surface area contributed by atoms with E-state index in [0.717, 1.165) is 6.07 Å². The summed E-state index contributed by atoms with van der Waals surface area (Å²) in [6.07, 6.45) is -3.66. The molecule has 1 saturated carbocycles. The van der Waals surface area contributed by atoms with Crippen molar-refractivity contribution in [1.82, 2.24) is 19.9 Å². The summed E-state index contributed by atoms with van der Waals surface area (Å²) in [6.45, 7) is 3.45. The second-order valence-corrected chi connectivity index (χ2v) is 10.8. The normalized spacial score (nSPS) is 30.0. The number of imidazole rings is 1. The lowest BCUT2D eigenvalue weighted by Gasteiger charge is -2.42. The first-order valence-electron chi connectivity index (χ1n) is 12.4. The van der Waals surface area contributed by atoms with Gasteiger partial charge in [-0.25, -0.2) is 13.8 Å². The van der Waals surface area contributed by atoms with Gasteiger partial charge in [0.1, 0.15) is 18.1 Å². The Morgan fingerprint density at radius 2 is 1.87 bits per heavy atom. The summed E-state index contributed by atoms with van der Waals surface area (Å²) in [4.78, 5) is 7.92. The number of hydrogen-bond acceptors (Lipinski definition) is 6. The van der Waals surface area contributed by atoms with E-state index in [2.05, 4.69) is 15.3 Å². The Morgan fingerprint density at radius 3 is 2.47 bits per heavy atom. The van der Waals surface area contributed by atoms with Gasteiger partial charge in [-0.15, -0.1) is 0 Å². The number of nitrogens with zero attached hydrogens (tertiary/aromatic N) is 3. The van der Waals surface area contributed by atoms with Gasteiger partial charge in [0, 0.05) is 36.0 Å². The number of alkyl halides is 5. The van der Waals surface area contributed by atoms with E-state index in [4.69, 9.17) is 4.74 Å². The summed E-state index contributed by atoms with van der Waals surface area (Å²) in [5.41, 5.74) is -3.06. The first-order chi connectivity index (χ1) is 17.7. The number of benzene rings is 1. The highest BCUT2D eigenvalue weighted by Crippen LogP contribution is 2.45. The third-order valence-electron chi connectivity index (χ3n) is 7.44. The predicted molar refractivity (Wildman–Crippen MR) is 128 cm³/mol. The van der Waals surface area contributed by atoms with Gasteiger partial charge in [-0.05, 0) is 51.7 Å². The highest BCUT2D eigenvalue weighted by molar-refractivity contribution is 5.82. The molecular weight excluding hydrogens is 511 g/mol. The number of pyridine rings is 1. The Labute approximate surface area is 215 Å². The molecule has 0 unspecified atom stereocenters. The number of aromatic nitrogens is 3. The number of piperidine rings is 1. The molecule has 2 aliphatic rings. The van der Waals surface area contributed by atoms with Gasteiger partial charge in [-0.3, -0.25) is 4.98 Å². The number of ether oxygens (including phenoxy) is 1. The minimum atomic E-state index is -4.66. The molecule has 5 rings (SSSR count). The Morgan fingerprint density at radius 1 is 1.13 bits per heavy atom. The monoisotopic (exact) mass is 540 g/mol. The summed E-state index contributed by atoms with van der Waals surface area (Å²) < 4.78 is 75.2. The SMILES string of the molecule is C[C@H]1C[C@@](O)(c2ccc(C(F)F)nc2)C[C@@H](COc2cc(C(F)(F)F)c3c(c2)ncn3C2CC(C)(O)C2)N1. The van der Waals surface area contributed by atoms with Crippen molar-refractivity contribution < 1.29 is 36.9 Å². The molecule has 1 aliphatic carbocycles. The van der Waals surface area contributed by atoms with Gasteiger partial charge in [0.25, 0.3) is 6.43 Å². The minimum Gasteiger partial charge on any atom is -0.492 e. The molecule has 1 aromatic carbocycles. The topological polar surface area (TPSA) is 92.4 Å². The summed E-state index contributed by atoms with van der Waals surface area (Å²) in [6, 6.07) is 4.10. The Bertz CT molecular complexity index is 1300. The van der Waals surface area contributed by atoms with Crippen LogP contribution in [0.1, 0.15) is 68.8 Å². The van der Waals surface area contributed by atoms with E-state index in [1.807, 2.05) is 6.92 Å². The Balaban J connectivity index is 1.35. The average Bonchev–Trinajstić information content (AvgIpc) is 3.23. The van der Waals surface area contributed by atoms with Crippen molar-refractivity contribution in [2.45, 2.75) is 81.5 Å². The molecule has 1 aliphatic heterocycles. The predicted octanol–water partition coefficient (Wildman–Crippen LogP) is 4.88. The number of aliphatic hydroxyl groups is 2. The molecule has 3 atom stereocenters. The zero-order valence-electron chi connectivity index (χ0n) is 20.8. The molecule has 12 heteroatoms. The minimum absolute atomic E-state index is 0.0119. The van der Waals surface area contributed by atoms with Crippen molar-refractivity contribution in [2.75, 3.05) is 6.61 Å². The van der Waals surface area contributed by atoms with Crippen LogP contribution >= 0.6 is 0 Å². The zero-order chi connectivity index (χ0) is 27.5. The largest absolute Gasteiger partial charge is 0.492 e. The maximum Gasteiger partial charge on any atom is 0.418 e. The molecule has 2 fully saturated rings. The molecule has 0 spiro atoms. The number of hydrogen-bond donors (Lipinski definition) is 3.